The fraction of sp³-hybridized carbons (Fsp3) is 0.682. The molecule has 1 aliphatic heterocycles. The van der Waals surface area contributed by atoms with Crippen LogP contribution < -0.4 is 15.5 Å². The fourth-order valence-corrected chi connectivity index (χ4v) is 6.17. The van der Waals surface area contributed by atoms with E-state index >= 15 is 0 Å². The molecule has 0 radical (unpaired) electrons. The quantitative estimate of drug-likeness (QED) is 0.594. The van der Waals surface area contributed by atoms with Crippen molar-refractivity contribution >= 4 is 38.7 Å². The summed E-state index contributed by atoms with van der Waals surface area (Å²) >= 11 is 5.64. The van der Waals surface area contributed by atoms with Crippen molar-refractivity contribution in [2.75, 3.05) is 49.6 Å². The summed E-state index contributed by atoms with van der Waals surface area (Å²) in [6.07, 6.45) is 4.79. The van der Waals surface area contributed by atoms with Gasteiger partial charge in [0, 0.05) is 32.2 Å². The molecule has 1 aliphatic carbocycles. The predicted molar refractivity (Wildman–Crippen MR) is 130 cm³/mol. The highest BCUT2D eigenvalue weighted by Gasteiger charge is 2.26. The van der Waals surface area contributed by atoms with Crippen LogP contribution >= 0.6 is 12.2 Å². The molecule has 31 heavy (non-hydrogen) atoms. The number of benzene rings is 1. The molecule has 174 valence electrons. The Balaban J connectivity index is 1.87. The number of sulfonamides is 1. The summed E-state index contributed by atoms with van der Waals surface area (Å²) in [4.78, 5) is 2.50. The first kappa shape index (κ1) is 24.2. The lowest BCUT2D eigenvalue weighted by Crippen LogP contribution is -2.43. The first-order chi connectivity index (χ1) is 14.9. The van der Waals surface area contributed by atoms with Gasteiger partial charge < -0.3 is 20.3 Å². The van der Waals surface area contributed by atoms with Gasteiger partial charge in [0.25, 0.3) is 0 Å². The van der Waals surface area contributed by atoms with Crippen LogP contribution in [0.3, 0.4) is 0 Å². The lowest BCUT2D eigenvalue weighted by atomic mass is 9.86. The summed E-state index contributed by atoms with van der Waals surface area (Å²) in [5, 5.41) is 7.33. The molecule has 2 fully saturated rings. The molecule has 1 saturated carbocycles. The highest BCUT2D eigenvalue weighted by atomic mass is 32.2. The monoisotopic (exact) mass is 468 g/mol. The van der Waals surface area contributed by atoms with Crippen molar-refractivity contribution in [2.24, 2.45) is 5.92 Å². The minimum Gasteiger partial charge on any atom is -0.378 e. The van der Waals surface area contributed by atoms with Gasteiger partial charge in [0.1, 0.15) is 0 Å². The Morgan fingerprint density at radius 1 is 1.19 bits per heavy atom. The van der Waals surface area contributed by atoms with Crippen molar-refractivity contribution < 1.29 is 13.2 Å². The summed E-state index contributed by atoms with van der Waals surface area (Å²) < 4.78 is 33.2. The highest BCUT2D eigenvalue weighted by Crippen LogP contribution is 2.31. The molecule has 0 spiro atoms. The van der Waals surface area contributed by atoms with Crippen LogP contribution in [0, 0.1) is 5.92 Å². The molecule has 1 aromatic carbocycles. The second-order valence-corrected chi connectivity index (χ2v) is 10.7. The molecule has 3 rings (SSSR count). The van der Waals surface area contributed by atoms with Crippen molar-refractivity contribution in [3.63, 3.8) is 0 Å². The van der Waals surface area contributed by atoms with Crippen LogP contribution in [0.2, 0.25) is 0 Å². The van der Waals surface area contributed by atoms with Crippen molar-refractivity contribution in [1.29, 1.82) is 0 Å². The lowest BCUT2D eigenvalue weighted by molar-refractivity contribution is 0.123. The maximum absolute atomic E-state index is 13.1. The van der Waals surface area contributed by atoms with Crippen molar-refractivity contribution in [2.45, 2.75) is 57.4 Å². The van der Waals surface area contributed by atoms with E-state index in [1.54, 1.807) is 12.1 Å². The molecule has 2 unspecified atom stereocenters. The first-order valence-corrected chi connectivity index (χ1v) is 13.3. The minimum absolute atomic E-state index is 0.282. The van der Waals surface area contributed by atoms with E-state index in [2.05, 4.69) is 22.5 Å². The number of hydrogen-bond donors (Lipinski definition) is 2. The Kier molecular flexibility index (Phi) is 8.55. The summed E-state index contributed by atoms with van der Waals surface area (Å²) in [6, 6.07) is 5.65. The third-order valence-corrected chi connectivity index (χ3v) is 8.60. The van der Waals surface area contributed by atoms with Gasteiger partial charge >= 0.3 is 0 Å². The maximum Gasteiger partial charge on any atom is 0.243 e. The van der Waals surface area contributed by atoms with E-state index < -0.39 is 10.0 Å². The standard InChI is InChI=1S/C22H36N4O3S2/c1-4-26(5-2)31(27,28)18-10-11-21(25-12-14-29-15-13-25)20(16-18)24-22(30)23-19-9-7-6-8-17(19)3/h10-11,16-17,19H,4-9,12-15H2,1-3H3,(H2,23,24,30). The van der Waals surface area contributed by atoms with Crippen LogP contribution in [0.1, 0.15) is 46.5 Å². The van der Waals surface area contributed by atoms with Gasteiger partial charge in [-0.2, -0.15) is 4.31 Å². The van der Waals surface area contributed by atoms with Crippen molar-refractivity contribution in [3.8, 4) is 0 Å². The third kappa shape index (κ3) is 5.88. The van der Waals surface area contributed by atoms with Crippen LogP contribution in [0.25, 0.3) is 0 Å². The Morgan fingerprint density at radius 2 is 1.87 bits per heavy atom. The molecule has 2 aliphatic rings. The smallest absolute Gasteiger partial charge is 0.243 e. The van der Waals surface area contributed by atoms with Gasteiger partial charge in [-0.3, -0.25) is 0 Å². The Labute approximate surface area is 192 Å². The Bertz CT molecular complexity index is 852. The first-order valence-electron chi connectivity index (χ1n) is 11.4. The van der Waals surface area contributed by atoms with Gasteiger partial charge in [0.15, 0.2) is 5.11 Å². The second-order valence-electron chi connectivity index (χ2n) is 8.33. The number of rotatable bonds is 7. The van der Waals surface area contributed by atoms with E-state index in [9.17, 15) is 8.42 Å². The number of nitrogens with one attached hydrogen (secondary N) is 2. The SMILES string of the molecule is CCN(CC)S(=O)(=O)c1ccc(N2CCOCC2)c(NC(=S)NC2CCCCC2C)c1. The van der Waals surface area contributed by atoms with Gasteiger partial charge in [-0.25, -0.2) is 8.42 Å². The summed E-state index contributed by atoms with van der Waals surface area (Å²) in [6.45, 7) is 9.67. The zero-order valence-corrected chi connectivity index (χ0v) is 20.5. The topological polar surface area (TPSA) is 73.9 Å². The van der Waals surface area contributed by atoms with E-state index in [1.807, 2.05) is 19.9 Å². The Hall–Kier alpha value is -1.42. The van der Waals surface area contributed by atoms with E-state index in [-0.39, 0.29) is 4.90 Å². The number of hydrogen-bond acceptors (Lipinski definition) is 5. The van der Waals surface area contributed by atoms with Crippen LogP contribution in [-0.4, -0.2) is 63.3 Å². The molecule has 0 aromatic heterocycles. The number of nitrogens with zero attached hydrogens (tertiary/aromatic N) is 2. The highest BCUT2D eigenvalue weighted by molar-refractivity contribution is 7.89. The normalized spacial score (nSPS) is 22.4. The molecule has 9 heteroatoms. The van der Waals surface area contributed by atoms with Gasteiger partial charge in [-0.05, 0) is 49.2 Å². The molecule has 1 aromatic rings. The number of anilines is 2. The van der Waals surface area contributed by atoms with E-state index in [0.29, 0.717) is 43.4 Å². The van der Waals surface area contributed by atoms with Crippen molar-refractivity contribution in [3.05, 3.63) is 18.2 Å². The second kappa shape index (κ2) is 10.9. The molecule has 2 N–H and O–H groups in total. The van der Waals surface area contributed by atoms with Crippen LogP contribution in [-0.2, 0) is 14.8 Å². The number of thiocarbonyl (C=S) groups is 1. The van der Waals surface area contributed by atoms with E-state index in [0.717, 1.165) is 30.9 Å². The average Bonchev–Trinajstić information content (AvgIpc) is 2.76. The van der Waals surface area contributed by atoms with Crippen LogP contribution in [0.15, 0.2) is 23.1 Å². The summed E-state index contributed by atoms with van der Waals surface area (Å²) in [7, 11) is -3.56. The van der Waals surface area contributed by atoms with Gasteiger partial charge in [-0.15, -0.1) is 0 Å². The molecule has 7 nitrogen and oxygen atoms in total. The fourth-order valence-electron chi connectivity index (χ4n) is 4.43. The molecule has 0 bridgehead atoms. The van der Waals surface area contributed by atoms with Crippen molar-refractivity contribution in [1.82, 2.24) is 9.62 Å². The molecule has 1 heterocycles. The van der Waals surface area contributed by atoms with Gasteiger partial charge in [0.05, 0.1) is 29.5 Å². The molecular formula is C22H36N4O3S2. The molecule has 0 amide bonds. The van der Waals surface area contributed by atoms with E-state index in [4.69, 9.17) is 17.0 Å². The lowest BCUT2D eigenvalue weighted by Gasteiger charge is -2.33. The average molecular weight is 469 g/mol. The maximum atomic E-state index is 13.1. The van der Waals surface area contributed by atoms with Gasteiger partial charge in [-0.1, -0.05) is 33.6 Å². The molecule has 1 saturated heterocycles. The molecular weight excluding hydrogens is 432 g/mol. The van der Waals surface area contributed by atoms with Crippen LogP contribution in [0.4, 0.5) is 11.4 Å². The van der Waals surface area contributed by atoms with E-state index in [1.165, 1.54) is 23.6 Å². The third-order valence-electron chi connectivity index (χ3n) is 6.34. The number of morpholine rings is 1. The predicted octanol–water partition coefficient (Wildman–Crippen LogP) is 3.42. The zero-order valence-electron chi connectivity index (χ0n) is 18.9. The summed E-state index contributed by atoms with van der Waals surface area (Å²) in [5.41, 5.74) is 1.67. The van der Waals surface area contributed by atoms with Crippen LogP contribution in [0.5, 0.6) is 0 Å². The molecule has 2 atom stereocenters. The minimum atomic E-state index is -3.56. The number of ether oxygens (including phenoxy) is 1. The Morgan fingerprint density at radius 3 is 2.52 bits per heavy atom. The van der Waals surface area contributed by atoms with Gasteiger partial charge in [0.2, 0.25) is 10.0 Å². The largest absolute Gasteiger partial charge is 0.378 e. The summed E-state index contributed by atoms with van der Waals surface area (Å²) in [5.74, 6) is 0.571. The zero-order chi connectivity index (χ0) is 22.4.